The maximum absolute atomic E-state index is 12.2. The maximum atomic E-state index is 12.2. The van der Waals surface area contributed by atoms with E-state index in [2.05, 4.69) is 52.7 Å². The average molecular weight is 353 g/mol. The number of ether oxygens (including phenoxy) is 1. The largest absolute Gasteiger partial charge is 0.440 e. The zero-order chi connectivity index (χ0) is 17.8. The van der Waals surface area contributed by atoms with Gasteiger partial charge in [-0.2, -0.15) is 0 Å². The van der Waals surface area contributed by atoms with Crippen molar-refractivity contribution in [3.63, 3.8) is 0 Å². The second-order valence-electron chi connectivity index (χ2n) is 7.30. The summed E-state index contributed by atoms with van der Waals surface area (Å²) in [5.74, 6) is 0. The van der Waals surface area contributed by atoms with Crippen LogP contribution in [0.5, 0.6) is 0 Å². The molecule has 2 heterocycles. The van der Waals surface area contributed by atoms with Gasteiger partial charge >= 0.3 is 6.09 Å². The molecule has 2 aliphatic heterocycles. The van der Waals surface area contributed by atoms with Crippen LogP contribution in [0.25, 0.3) is 0 Å². The number of carbonyl (C=O) groups excluding carboxylic acids is 1. The highest BCUT2D eigenvalue weighted by Gasteiger charge is 2.33. The van der Waals surface area contributed by atoms with Crippen LogP contribution < -0.4 is 5.32 Å². The number of rotatable bonds is 5. The number of hydrogen-bond acceptors (Lipinski definition) is 4. The minimum Gasteiger partial charge on any atom is -0.440 e. The van der Waals surface area contributed by atoms with Gasteiger partial charge in [0.25, 0.3) is 0 Å². The Morgan fingerprint density at radius 2 is 1.81 bits per heavy atom. The van der Waals surface area contributed by atoms with E-state index in [1.165, 1.54) is 11.1 Å². The van der Waals surface area contributed by atoms with Gasteiger partial charge in [-0.25, -0.2) is 4.79 Å². The molecule has 0 bridgehead atoms. The lowest BCUT2D eigenvalue weighted by Crippen LogP contribution is -2.42. The van der Waals surface area contributed by atoms with E-state index < -0.39 is 0 Å². The van der Waals surface area contributed by atoms with E-state index >= 15 is 0 Å². The number of allylic oxidation sites excluding steroid dienone is 3. The molecule has 0 aromatic heterocycles. The van der Waals surface area contributed by atoms with E-state index in [4.69, 9.17) is 4.74 Å². The van der Waals surface area contributed by atoms with Crippen molar-refractivity contribution in [3.05, 3.63) is 59.2 Å². The van der Waals surface area contributed by atoms with Crippen LogP contribution in [0.2, 0.25) is 0 Å². The maximum Gasteiger partial charge on any atom is 0.410 e. The van der Waals surface area contributed by atoms with Gasteiger partial charge in [0.1, 0.15) is 6.10 Å². The third-order valence-electron chi connectivity index (χ3n) is 5.36. The normalized spacial score (nSPS) is 23.8. The summed E-state index contributed by atoms with van der Waals surface area (Å²) in [7, 11) is 0. The summed E-state index contributed by atoms with van der Waals surface area (Å²) in [5, 5.41) is 3.38. The van der Waals surface area contributed by atoms with Gasteiger partial charge in [0.15, 0.2) is 0 Å². The third-order valence-corrected chi connectivity index (χ3v) is 5.36. The summed E-state index contributed by atoms with van der Waals surface area (Å²) in [5.41, 5.74) is 3.72. The van der Waals surface area contributed by atoms with E-state index in [-0.39, 0.29) is 12.2 Å². The number of benzene rings is 1. The quantitative estimate of drug-likeness (QED) is 0.884. The molecule has 0 unspecified atom stereocenters. The second-order valence-corrected chi connectivity index (χ2v) is 7.30. The first-order valence-corrected chi connectivity index (χ1v) is 9.60. The number of nitrogens with zero attached hydrogens (tertiary/aromatic N) is 2. The lowest BCUT2D eigenvalue weighted by atomic mass is 10.00. The van der Waals surface area contributed by atoms with Crippen LogP contribution in [0, 0.1) is 0 Å². The first kappa shape index (κ1) is 17.3. The minimum absolute atomic E-state index is 0.0839. The smallest absolute Gasteiger partial charge is 0.410 e. The predicted octanol–water partition coefficient (Wildman–Crippen LogP) is 2.69. The van der Waals surface area contributed by atoms with Crippen LogP contribution in [0.4, 0.5) is 4.79 Å². The molecule has 1 aromatic carbocycles. The molecule has 5 heteroatoms. The highest BCUT2D eigenvalue weighted by atomic mass is 16.6. The van der Waals surface area contributed by atoms with E-state index in [0.29, 0.717) is 13.1 Å². The number of amides is 1. The van der Waals surface area contributed by atoms with E-state index in [0.717, 1.165) is 51.1 Å². The van der Waals surface area contributed by atoms with Gasteiger partial charge in [-0.15, -0.1) is 0 Å². The van der Waals surface area contributed by atoms with Crippen molar-refractivity contribution >= 4 is 6.09 Å². The van der Waals surface area contributed by atoms with Crippen molar-refractivity contribution in [3.8, 4) is 0 Å². The molecular weight excluding hydrogens is 326 g/mol. The molecule has 26 heavy (non-hydrogen) atoms. The SMILES string of the molecule is O=C1O[C@H](C2=CC=CCC2)CN1Cc1ccc(CN2CCNCC2)cc1. The Labute approximate surface area is 155 Å². The molecule has 0 saturated carbocycles. The molecule has 3 aliphatic rings. The van der Waals surface area contributed by atoms with Crippen molar-refractivity contribution in [2.75, 3.05) is 32.7 Å². The van der Waals surface area contributed by atoms with Crippen LogP contribution in [-0.2, 0) is 17.8 Å². The Balaban J connectivity index is 1.33. The van der Waals surface area contributed by atoms with Crippen LogP contribution in [0.1, 0.15) is 24.0 Å². The monoisotopic (exact) mass is 353 g/mol. The number of hydrogen-bond donors (Lipinski definition) is 1. The zero-order valence-corrected chi connectivity index (χ0v) is 15.2. The molecule has 1 aromatic rings. The summed E-state index contributed by atoms with van der Waals surface area (Å²) in [4.78, 5) is 16.5. The molecule has 1 amide bonds. The van der Waals surface area contributed by atoms with Crippen molar-refractivity contribution in [2.24, 2.45) is 0 Å². The van der Waals surface area contributed by atoms with Crippen molar-refractivity contribution in [1.82, 2.24) is 15.1 Å². The Hall–Kier alpha value is -2.11. The molecule has 1 atom stereocenters. The molecule has 0 spiro atoms. The van der Waals surface area contributed by atoms with E-state index in [1.807, 2.05) is 4.90 Å². The molecule has 138 valence electrons. The van der Waals surface area contributed by atoms with Crippen molar-refractivity contribution in [2.45, 2.75) is 32.0 Å². The molecule has 0 radical (unpaired) electrons. The van der Waals surface area contributed by atoms with E-state index in [1.54, 1.807) is 0 Å². The lowest BCUT2D eigenvalue weighted by Gasteiger charge is -2.27. The molecular formula is C21H27N3O2. The highest BCUT2D eigenvalue weighted by Crippen LogP contribution is 2.25. The number of nitrogens with one attached hydrogen (secondary N) is 1. The Morgan fingerprint density at radius 3 is 2.50 bits per heavy atom. The lowest BCUT2D eigenvalue weighted by molar-refractivity contribution is 0.141. The first-order valence-electron chi connectivity index (χ1n) is 9.60. The third kappa shape index (κ3) is 4.17. The fourth-order valence-corrected chi connectivity index (χ4v) is 3.82. The van der Waals surface area contributed by atoms with Gasteiger partial charge < -0.3 is 10.1 Å². The zero-order valence-electron chi connectivity index (χ0n) is 15.2. The summed E-state index contributed by atoms with van der Waals surface area (Å²) < 4.78 is 5.58. The predicted molar refractivity (Wildman–Crippen MR) is 102 cm³/mol. The van der Waals surface area contributed by atoms with Gasteiger partial charge in [0, 0.05) is 39.3 Å². The van der Waals surface area contributed by atoms with Gasteiger partial charge in [0.05, 0.1) is 6.54 Å². The molecule has 1 aliphatic carbocycles. The van der Waals surface area contributed by atoms with Crippen LogP contribution in [0.3, 0.4) is 0 Å². The highest BCUT2D eigenvalue weighted by molar-refractivity contribution is 5.70. The molecule has 1 N–H and O–H groups in total. The second kappa shape index (κ2) is 8.06. The Morgan fingerprint density at radius 1 is 1.08 bits per heavy atom. The minimum atomic E-state index is -0.199. The van der Waals surface area contributed by atoms with Gasteiger partial charge in [-0.1, -0.05) is 42.5 Å². The Bertz CT molecular complexity index is 690. The standard InChI is InChI=1S/C21H27N3O2/c25-21-24(16-20(26-21)19-4-2-1-3-5-19)15-18-8-6-17(7-9-18)14-23-12-10-22-11-13-23/h1-2,4,6-9,20,22H,3,5,10-16H2/t20-/m0/s1. The van der Waals surface area contributed by atoms with Crippen LogP contribution in [0.15, 0.2) is 48.1 Å². The summed E-state index contributed by atoms with van der Waals surface area (Å²) in [6.45, 7) is 6.62. The number of carbonyl (C=O) groups is 1. The Kier molecular flexibility index (Phi) is 5.37. The van der Waals surface area contributed by atoms with Gasteiger partial charge in [0.2, 0.25) is 0 Å². The van der Waals surface area contributed by atoms with Crippen LogP contribution in [-0.4, -0.2) is 54.7 Å². The molecule has 5 nitrogen and oxygen atoms in total. The molecule has 2 saturated heterocycles. The average Bonchev–Trinajstić information content (AvgIpc) is 3.05. The summed E-state index contributed by atoms with van der Waals surface area (Å²) in [6.07, 6.45) is 8.05. The van der Waals surface area contributed by atoms with Crippen LogP contribution >= 0.6 is 0 Å². The van der Waals surface area contributed by atoms with E-state index in [9.17, 15) is 4.79 Å². The first-order chi connectivity index (χ1) is 12.8. The number of piperazine rings is 1. The van der Waals surface area contributed by atoms with Gasteiger partial charge in [-0.05, 0) is 29.5 Å². The van der Waals surface area contributed by atoms with Crippen molar-refractivity contribution < 1.29 is 9.53 Å². The summed E-state index contributed by atoms with van der Waals surface area (Å²) in [6, 6.07) is 8.65. The molecule has 4 rings (SSSR count). The molecule has 2 fully saturated rings. The number of cyclic esters (lactones) is 1. The summed E-state index contributed by atoms with van der Waals surface area (Å²) >= 11 is 0. The fourth-order valence-electron chi connectivity index (χ4n) is 3.82. The topological polar surface area (TPSA) is 44.8 Å². The van der Waals surface area contributed by atoms with Gasteiger partial charge in [-0.3, -0.25) is 9.80 Å². The fraction of sp³-hybridized carbons (Fsp3) is 0.476. The van der Waals surface area contributed by atoms with Crippen molar-refractivity contribution in [1.29, 1.82) is 0 Å².